The topological polar surface area (TPSA) is 56.4 Å². The van der Waals surface area contributed by atoms with E-state index < -0.39 is 12.1 Å². The summed E-state index contributed by atoms with van der Waals surface area (Å²) in [7, 11) is 1.67. The van der Waals surface area contributed by atoms with Crippen molar-refractivity contribution in [3.63, 3.8) is 0 Å². The van der Waals surface area contributed by atoms with Crippen molar-refractivity contribution < 1.29 is 9.59 Å². The van der Waals surface area contributed by atoms with Crippen LogP contribution in [0.2, 0.25) is 10.0 Å². The number of aromatic nitrogens is 1. The van der Waals surface area contributed by atoms with Gasteiger partial charge in [-0.3, -0.25) is 9.59 Å². The third kappa shape index (κ3) is 2.46. The summed E-state index contributed by atoms with van der Waals surface area (Å²) in [5.41, 5.74) is 3.71. The van der Waals surface area contributed by atoms with Crippen LogP contribution < -0.4 is 0 Å². The molecule has 2 atom stereocenters. The van der Waals surface area contributed by atoms with Gasteiger partial charge in [0.15, 0.2) is 0 Å². The first kappa shape index (κ1) is 17.6. The number of halogens is 2. The predicted molar refractivity (Wildman–Crippen MR) is 109 cm³/mol. The van der Waals surface area contributed by atoms with Crippen molar-refractivity contribution >= 4 is 45.9 Å². The summed E-state index contributed by atoms with van der Waals surface area (Å²) >= 11 is 12.6. The lowest BCUT2D eigenvalue weighted by Crippen LogP contribution is -2.62. The summed E-state index contributed by atoms with van der Waals surface area (Å²) in [6, 6.07) is 12.2. The van der Waals surface area contributed by atoms with Crippen molar-refractivity contribution in [3.05, 3.63) is 69.3 Å². The van der Waals surface area contributed by atoms with Crippen LogP contribution in [-0.4, -0.2) is 46.2 Å². The molecule has 5 nitrogen and oxygen atoms in total. The number of likely N-dealkylation sites (N-methyl/N-ethyl adjacent to an activating group) is 1. The van der Waals surface area contributed by atoms with Gasteiger partial charge in [0, 0.05) is 40.1 Å². The number of H-pyrrole nitrogens is 1. The fourth-order valence-corrected chi connectivity index (χ4v) is 4.97. The lowest BCUT2D eigenvalue weighted by molar-refractivity contribution is -0.157. The maximum Gasteiger partial charge on any atom is 0.245 e. The van der Waals surface area contributed by atoms with Gasteiger partial charge in [0.05, 0.1) is 12.6 Å². The molecular weight excluding hydrogens is 397 g/mol. The maximum atomic E-state index is 13.0. The van der Waals surface area contributed by atoms with Gasteiger partial charge in [-0.1, -0.05) is 47.5 Å². The number of fused-ring (bicyclic) bond motifs is 4. The molecule has 7 heteroatoms. The fourth-order valence-electron chi connectivity index (χ4n) is 4.45. The third-order valence-corrected chi connectivity index (χ3v) is 6.27. The minimum atomic E-state index is -0.547. The van der Waals surface area contributed by atoms with E-state index in [0.29, 0.717) is 16.5 Å². The minimum absolute atomic E-state index is 0.0504. The number of benzene rings is 2. The minimum Gasteiger partial charge on any atom is -0.356 e. The average Bonchev–Trinajstić information content (AvgIpc) is 3.03. The molecule has 1 saturated heterocycles. The molecule has 2 amide bonds. The molecule has 2 aliphatic heterocycles. The molecule has 1 fully saturated rings. The van der Waals surface area contributed by atoms with Crippen LogP contribution in [0.3, 0.4) is 0 Å². The van der Waals surface area contributed by atoms with Gasteiger partial charge in [0.25, 0.3) is 0 Å². The quantitative estimate of drug-likeness (QED) is 0.659. The van der Waals surface area contributed by atoms with Crippen LogP contribution in [0.15, 0.2) is 42.5 Å². The van der Waals surface area contributed by atoms with E-state index in [4.69, 9.17) is 23.2 Å². The normalized spacial score (nSPS) is 21.8. The highest BCUT2D eigenvalue weighted by Crippen LogP contribution is 2.44. The number of piperazine rings is 1. The summed E-state index contributed by atoms with van der Waals surface area (Å²) in [5, 5.41) is 2.07. The van der Waals surface area contributed by atoms with Crippen LogP contribution >= 0.6 is 23.2 Å². The second-order valence-corrected chi connectivity index (χ2v) is 8.19. The number of amides is 2. The molecule has 28 heavy (non-hydrogen) atoms. The SMILES string of the molecule is CN1CC(=O)N2[C@@H](c3ccc(Cl)cc3Cl)c3[nH]c4ccccc4c3C[C@H]2C1=O. The van der Waals surface area contributed by atoms with E-state index in [-0.39, 0.29) is 18.4 Å². The van der Waals surface area contributed by atoms with Crippen LogP contribution in [0.5, 0.6) is 0 Å². The van der Waals surface area contributed by atoms with Crippen molar-refractivity contribution in [2.45, 2.75) is 18.5 Å². The molecule has 0 spiro atoms. The molecular formula is C21H17Cl2N3O2. The van der Waals surface area contributed by atoms with Crippen molar-refractivity contribution in [3.8, 4) is 0 Å². The Hall–Kier alpha value is -2.50. The van der Waals surface area contributed by atoms with E-state index >= 15 is 0 Å². The summed E-state index contributed by atoms with van der Waals surface area (Å²) in [5.74, 6) is -0.141. The van der Waals surface area contributed by atoms with Crippen LogP contribution in [-0.2, 0) is 16.0 Å². The summed E-state index contributed by atoms with van der Waals surface area (Å²) < 4.78 is 0. The molecule has 0 radical (unpaired) electrons. The van der Waals surface area contributed by atoms with Gasteiger partial charge >= 0.3 is 0 Å². The molecule has 2 aromatic carbocycles. The number of aromatic amines is 1. The van der Waals surface area contributed by atoms with E-state index in [1.807, 2.05) is 30.3 Å². The fraction of sp³-hybridized carbons (Fsp3) is 0.238. The first-order chi connectivity index (χ1) is 13.5. The molecule has 0 aliphatic carbocycles. The van der Waals surface area contributed by atoms with Gasteiger partial charge in [0.1, 0.15) is 6.04 Å². The molecule has 2 aliphatic rings. The smallest absolute Gasteiger partial charge is 0.245 e. The molecule has 0 saturated carbocycles. The standard InChI is InChI=1S/C21H17Cl2N3O2/c1-25-10-18(27)26-17(21(25)28)9-14-12-4-2-3-5-16(12)24-19(14)20(26)13-7-6-11(22)8-15(13)23/h2-8,17,20,24H,9-10H2,1H3/t17-,20-/m0/s1. The van der Waals surface area contributed by atoms with Crippen LogP contribution in [0.1, 0.15) is 22.9 Å². The number of carbonyl (C=O) groups excluding carboxylic acids is 2. The number of para-hydroxylation sites is 1. The summed E-state index contributed by atoms with van der Waals surface area (Å²) in [4.78, 5) is 32.6. The number of hydrogen-bond donors (Lipinski definition) is 1. The van der Waals surface area contributed by atoms with Crippen molar-refractivity contribution in [1.29, 1.82) is 0 Å². The molecule has 142 valence electrons. The Kier molecular flexibility index (Phi) is 3.93. The number of carbonyl (C=O) groups is 2. The van der Waals surface area contributed by atoms with Crippen LogP contribution in [0.4, 0.5) is 0 Å². The monoisotopic (exact) mass is 413 g/mol. The maximum absolute atomic E-state index is 13.0. The zero-order valence-electron chi connectivity index (χ0n) is 15.1. The van der Waals surface area contributed by atoms with Crippen LogP contribution in [0, 0.1) is 0 Å². The van der Waals surface area contributed by atoms with Crippen LogP contribution in [0.25, 0.3) is 10.9 Å². The largest absolute Gasteiger partial charge is 0.356 e. The van der Waals surface area contributed by atoms with Gasteiger partial charge < -0.3 is 14.8 Å². The number of nitrogens with one attached hydrogen (secondary N) is 1. The Balaban J connectivity index is 1.79. The number of rotatable bonds is 1. The van der Waals surface area contributed by atoms with Crippen molar-refractivity contribution in [2.75, 3.05) is 13.6 Å². The zero-order chi connectivity index (χ0) is 19.6. The van der Waals surface area contributed by atoms with Crippen molar-refractivity contribution in [2.24, 2.45) is 0 Å². The van der Waals surface area contributed by atoms with Gasteiger partial charge in [0.2, 0.25) is 11.8 Å². The van der Waals surface area contributed by atoms with E-state index in [1.165, 1.54) is 4.90 Å². The third-order valence-electron chi connectivity index (χ3n) is 5.71. The zero-order valence-corrected chi connectivity index (χ0v) is 16.6. The van der Waals surface area contributed by atoms with Gasteiger partial charge in [-0.25, -0.2) is 0 Å². The Morgan fingerprint density at radius 3 is 2.68 bits per heavy atom. The first-order valence-electron chi connectivity index (χ1n) is 9.06. The molecule has 1 aromatic heterocycles. The van der Waals surface area contributed by atoms with E-state index in [0.717, 1.165) is 27.7 Å². The van der Waals surface area contributed by atoms with E-state index in [1.54, 1.807) is 24.1 Å². The second-order valence-electron chi connectivity index (χ2n) is 7.35. The Morgan fingerprint density at radius 2 is 1.89 bits per heavy atom. The Bertz CT molecular complexity index is 1140. The molecule has 3 heterocycles. The summed E-state index contributed by atoms with van der Waals surface area (Å²) in [6.45, 7) is 0.0621. The first-order valence-corrected chi connectivity index (χ1v) is 9.82. The molecule has 1 N–H and O–H groups in total. The van der Waals surface area contributed by atoms with Gasteiger partial charge in [-0.15, -0.1) is 0 Å². The van der Waals surface area contributed by atoms with E-state index in [2.05, 4.69) is 4.98 Å². The average molecular weight is 414 g/mol. The predicted octanol–water partition coefficient (Wildman–Crippen LogP) is 3.79. The van der Waals surface area contributed by atoms with E-state index in [9.17, 15) is 9.59 Å². The lowest BCUT2D eigenvalue weighted by Gasteiger charge is -2.46. The molecule has 0 bridgehead atoms. The number of nitrogens with zero attached hydrogens (tertiary/aromatic N) is 2. The number of hydrogen-bond acceptors (Lipinski definition) is 2. The van der Waals surface area contributed by atoms with Gasteiger partial charge in [-0.2, -0.15) is 0 Å². The Labute approximate surface area is 171 Å². The highest BCUT2D eigenvalue weighted by molar-refractivity contribution is 6.35. The Morgan fingerprint density at radius 1 is 1.11 bits per heavy atom. The second kappa shape index (κ2) is 6.26. The highest BCUT2D eigenvalue weighted by Gasteiger charge is 2.47. The van der Waals surface area contributed by atoms with Crippen molar-refractivity contribution in [1.82, 2.24) is 14.8 Å². The van der Waals surface area contributed by atoms with Gasteiger partial charge in [-0.05, 0) is 29.3 Å². The summed E-state index contributed by atoms with van der Waals surface area (Å²) in [6.07, 6.45) is 0.482. The molecule has 0 unspecified atom stereocenters. The molecule has 3 aromatic rings. The lowest BCUT2D eigenvalue weighted by atomic mass is 9.86. The molecule has 5 rings (SSSR count). The highest BCUT2D eigenvalue weighted by atomic mass is 35.5.